The van der Waals surface area contributed by atoms with Gasteiger partial charge in [-0.25, -0.2) is 0 Å². The monoisotopic (exact) mass is 280 g/mol. The van der Waals surface area contributed by atoms with Crippen molar-refractivity contribution in [2.75, 3.05) is 13.3 Å². The summed E-state index contributed by atoms with van der Waals surface area (Å²) in [6.45, 7) is 2.70. The van der Waals surface area contributed by atoms with E-state index in [4.69, 9.17) is 11.2 Å². The van der Waals surface area contributed by atoms with Crippen LogP contribution in [0.5, 0.6) is 0 Å². The first kappa shape index (κ1) is 11.6. The van der Waals surface area contributed by atoms with Gasteiger partial charge in [-0.15, -0.1) is 0 Å². The molecule has 0 heterocycles. The third kappa shape index (κ3) is 3.68. The molecule has 0 nitrogen and oxygen atoms in total. The molecular formula is C8H12ClPPd. The van der Waals surface area contributed by atoms with Crippen molar-refractivity contribution in [3.05, 3.63) is 30.3 Å². The molecule has 0 N–H and O–H groups in total. The van der Waals surface area contributed by atoms with Crippen LogP contribution in [0.2, 0.25) is 0 Å². The Labute approximate surface area is 87.1 Å². The molecule has 11 heavy (non-hydrogen) atoms. The summed E-state index contributed by atoms with van der Waals surface area (Å²) >= 11 is 6.20. The van der Waals surface area contributed by atoms with Crippen molar-refractivity contribution in [1.29, 1.82) is 0 Å². The minimum atomic E-state index is -1.56. The summed E-state index contributed by atoms with van der Waals surface area (Å²) < 4.78 is 0. The molecule has 1 aromatic rings. The summed E-state index contributed by atoms with van der Waals surface area (Å²) in [7, 11) is 0. The standard InChI is InChI=1S/C8H12ClP.Pd/c1-10(2,9)8-6-4-3-5-7-8;/h3-7,10H,1-2H3;. The van der Waals surface area contributed by atoms with E-state index in [9.17, 15) is 0 Å². The van der Waals surface area contributed by atoms with Gasteiger partial charge in [0.05, 0.1) is 0 Å². The fourth-order valence-corrected chi connectivity index (χ4v) is 2.20. The van der Waals surface area contributed by atoms with Crippen LogP contribution in [0.1, 0.15) is 0 Å². The van der Waals surface area contributed by atoms with Gasteiger partial charge in [0, 0.05) is 20.4 Å². The summed E-state index contributed by atoms with van der Waals surface area (Å²) in [5.41, 5.74) is 0. The van der Waals surface area contributed by atoms with Crippen LogP contribution in [0.3, 0.4) is 0 Å². The summed E-state index contributed by atoms with van der Waals surface area (Å²) in [6, 6.07) is 10.3. The van der Waals surface area contributed by atoms with Gasteiger partial charge in [-0.2, -0.15) is 0 Å². The van der Waals surface area contributed by atoms with E-state index >= 15 is 0 Å². The molecule has 0 bridgehead atoms. The van der Waals surface area contributed by atoms with Gasteiger partial charge < -0.3 is 0 Å². The van der Waals surface area contributed by atoms with Gasteiger partial charge in [0.15, 0.2) is 0 Å². The van der Waals surface area contributed by atoms with Gasteiger partial charge in [0.1, 0.15) is 0 Å². The number of hydrogen-bond acceptors (Lipinski definition) is 0. The van der Waals surface area contributed by atoms with Crippen molar-refractivity contribution in [2.45, 2.75) is 0 Å². The summed E-state index contributed by atoms with van der Waals surface area (Å²) in [4.78, 5) is 0. The van der Waals surface area contributed by atoms with E-state index in [0.29, 0.717) is 0 Å². The molecule has 0 amide bonds. The van der Waals surface area contributed by atoms with Crippen LogP contribution >= 0.6 is 17.9 Å². The van der Waals surface area contributed by atoms with Crippen LogP contribution in [-0.4, -0.2) is 13.3 Å². The first-order valence-electron chi connectivity index (χ1n) is 3.35. The Balaban J connectivity index is 0.000001000. The molecule has 66 valence electrons. The molecule has 0 radical (unpaired) electrons. The molecule has 0 aliphatic rings. The van der Waals surface area contributed by atoms with Crippen LogP contribution in [0.15, 0.2) is 30.3 Å². The van der Waals surface area contributed by atoms with Gasteiger partial charge in [-0.05, 0) is 0 Å². The van der Waals surface area contributed by atoms with E-state index in [1.165, 1.54) is 5.30 Å². The fourth-order valence-electron chi connectivity index (χ4n) is 0.834. The van der Waals surface area contributed by atoms with Crippen LogP contribution in [0, 0.1) is 0 Å². The maximum Gasteiger partial charge on any atom is 0 e. The van der Waals surface area contributed by atoms with Crippen molar-refractivity contribution in [3.63, 3.8) is 0 Å². The average molecular weight is 281 g/mol. The van der Waals surface area contributed by atoms with Crippen molar-refractivity contribution in [2.24, 2.45) is 0 Å². The summed E-state index contributed by atoms with van der Waals surface area (Å²) in [5.74, 6) is 0. The van der Waals surface area contributed by atoms with Crippen molar-refractivity contribution >= 4 is 23.2 Å². The molecule has 3 heteroatoms. The Morgan fingerprint density at radius 2 is 1.55 bits per heavy atom. The van der Waals surface area contributed by atoms with Gasteiger partial charge in [0.25, 0.3) is 0 Å². The maximum atomic E-state index is 6.20. The van der Waals surface area contributed by atoms with Gasteiger partial charge >= 0.3 is 66.8 Å². The third-order valence-electron chi connectivity index (χ3n) is 1.46. The Hall–Kier alpha value is 0.602. The summed E-state index contributed by atoms with van der Waals surface area (Å²) in [5, 5.41) is 1.30. The topological polar surface area (TPSA) is 0 Å². The number of rotatable bonds is 1. The van der Waals surface area contributed by atoms with Crippen molar-refractivity contribution in [1.82, 2.24) is 0 Å². The first-order chi connectivity index (χ1) is 4.61. The van der Waals surface area contributed by atoms with Crippen LogP contribution in [0.25, 0.3) is 0 Å². The van der Waals surface area contributed by atoms with Gasteiger partial charge in [-0.3, -0.25) is 0 Å². The second-order valence-electron chi connectivity index (χ2n) is 2.84. The Morgan fingerprint density at radius 3 is 1.82 bits per heavy atom. The molecule has 0 aliphatic carbocycles. The van der Waals surface area contributed by atoms with Gasteiger partial charge in [-0.1, -0.05) is 0 Å². The predicted octanol–water partition coefficient (Wildman–Crippen LogP) is 2.47. The quantitative estimate of drug-likeness (QED) is 0.548. The van der Waals surface area contributed by atoms with E-state index in [1.807, 2.05) is 18.2 Å². The Kier molecular flexibility index (Phi) is 4.84. The number of hydrogen-bond donors (Lipinski definition) is 0. The smallest absolute Gasteiger partial charge is 0 e. The molecule has 0 unspecified atom stereocenters. The molecule has 0 spiro atoms. The molecule has 1 aromatic carbocycles. The minimum absolute atomic E-state index is 0. The van der Waals surface area contributed by atoms with Gasteiger partial charge in [0.2, 0.25) is 0 Å². The molecule has 0 fully saturated rings. The average Bonchev–Trinajstić information content (AvgIpc) is 1.88. The van der Waals surface area contributed by atoms with E-state index in [0.717, 1.165) is 0 Å². The van der Waals surface area contributed by atoms with Crippen molar-refractivity contribution < 1.29 is 20.4 Å². The van der Waals surface area contributed by atoms with E-state index < -0.39 is 6.62 Å². The number of benzene rings is 1. The Morgan fingerprint density at radius 1 is 1.09 bits per heavy atom. The molecule has 0 aromatic heterocycles. The van der Waals surface area contributed by atoms with E-state index in [1.54, 1.807) is 0 Å². The summed E-state index contributed by atoms with van der Waals surface area (Å²) in [6.07, 6.45) is 0. The number of halogens is 1. The molecule has 0 atom stereocenters. The molecule has 0 aliphatic heterocycles. The van der Waals surface area contributed by atoms with E-state index in [2.05, 4.69) is 25.5 Å². The molecule has 0 saturated carbocycles. The molecular weight excluding hydrogens is 269 g/mol. The van der Waals surface area contributed by atoms with Crippen LogP contribution in [0.4, 0.5) is 0 Å². The largest absolute Gasteiger partial charge is 0 e. The zero-order valence-electron chi connectivity index (χ0n) is 6.58. The van der Waals surface area contributed by atoms with Crippen molar-refractivity contribution in [3.8, 4) is 0 Å². The first-order valence-corrected chi connectivity index (χ1v) is 7.36. The zero-order valence-corrected chi connectivity index (χ0v) is 9.89. The third-order valence-corrected chi connectivity index (χ3v) is 3.82. The Bertz CT molecular complexity index is 205. The van der Waals surface area contributed by atoms with Crippen LogP contribution in [-0.2, 0) is 20.4 Å². The maximum absolute atomic E-state index is 6.20. The zero-order chi connectivity index (χ0) is 7.61. The second kappa shape index (κ2) is 4.58. The van der Waals surface area contributed by atoms with Crippen LogP contribution < -0.4 is 5.30 Å². The predicted molar refractivity (Wildman–Crippen MR) is 52.1 cm³/mol. The molecule has 0 saturated heterocycles. The minimum Gasteiger partial charge on any atom is 0 e. The fraction of sp³-hybridized carbons (Fsp3) is 0.250. The normalized spacial score (nSPS) is 11.9. The second-order valence-corrected chi connectivity index (χ2v) is 9.20. The SMILES string of the molecule is C[PH](C)(Cl)c1ccccc1.[Pd]. The molecule has 1 rings (SSSR count). The van der Waals surface area contributed by atoms with E-state index in [-0.39, 0.29) is 20.4 Å².